The Bertz CT molecular complexity index is 1090. The zero-order chi connectivity index (χ0) is 23.8. The molecule has 0 unspecified atom stereocenters. The molecule has 1 aliphatic carbocycles. The van der Waals surface area contributed by atoms with E-state index in [-0.39, 0.29) is 18.0 Å². The fraction of sp³-hybridized carbons (Fsp3) is 0.370. The standard InChI is InChI=1S/C27H32N4O3/c1-31-25(19-28-17-7-10-20-8-4-3-5-9-20)26(29-30-31)21-13-15-23(16-14-21)34-24-12-6-11-22(18-24)27(32)33-2/h3-5,7-10,13-16,22,24,28H,6,11-12,17-19H2,1-2H3/t22-,24-/m0/s1. The van der Waals surface area contributed by atoms with E-state index in [9.17, 15) is 4.79 Å². The number of hydrogen-bond acceptors (Lipinski definition) is 6. The van der Waals surface area contributed by atoms with E-state index in [1.165, 1.54) is 12.7 Å². The first-order valence-electron chi connectivity index (χ1n) is 11.8. The van der Waals surface area contributed by atoms with E-state index in [0.29, 0.717) is 13.0 Å². The number of nitrogens with zero attached hydrogens (tertiary/aromatic N) is 3. The molecule has 0 bridgehead atoms. The number of nitrogens with one attached hydrogen (secondary N) is 1. The lowest BCUT2D eigenvalue weighted by atomic mass is 9.87. The van der Waals surface area contributed by atoms with Gasteiger partial charge >= 0.3 is 5.97 Å². The number of carbonyl (C=O) groups excluding carboxylic acids is 1. The Kier molecular flexibility index (Phi) is 8.09. The van der Waals surface area contributed by atoms with Gasteiger partial charge in [-0.1, -0.05) is 47.7 Å². The highest BCUT2D eigenvalue weighted by Crippen LogP contribution is 2.30. The largest absolute Gasteiger partial charge is 0.490 e. The van der Waals surface area contributed by atoms with Crippen molar-refractivity contribution in [3.05, 3.63) is 71.9 Å². The Morgan fingerprint density at radius 3 is 2.71 bits per heavy atom. The molecular weight excluding hydrogens is 428 g/mol. The van der Waals surface area contributed by atoms with Crippen LogP contribution in [0.15, 0.2) is 60.7 Å². The second-order valence-electron chi connectivity index (χ2n) is 8.60. The van der Waals surface area contributed by atoms with Gasteiger partial charge in [0.2, 0.25) is 0 Å². The molecule has 1 N–H and O–H groups in total. The van der Waals surface area contributed by atoms with Gasteiger partial charge in [0.15, 0.2) is 0 Å². The van der Waals surface area contributed by atoms with Gasteiger partial charge in [0.05, 0.1) is 24.8 Å². The summed E-state index contributed by atoms with van der Waals surface area (Å²) in [6.07, 6.45) is 7.75. The van der Waals surface area contributed by atoms with E-state index in [4.69, 9.17) is 9.47 Å². The van der Waals surface area contributed by atoms with E-state index in [1.54, 1.807) is 0 Å². The predicted octanol–water partition coefficient (Wildman–Crippen LogP) is 4.40. The molecule has 0 radical (unpaired) electrons. The van der Waals surface area contributed by atoms with Gasteiger partial charge in [-0.2, -0.15) is 0 Å². The van der Waals surface area contributed by atoms with Gasteiger partial charge in [-0.25, -0.2) is 0 Å². The second-order valence-corrected chi connectivity index (χ2v) is 8.60. The van der Waals surface area contributed by atoms with E-state index in [1.807, 2.05) is 54.2 Å². The van der Waals surface area contributed by atoms with Crippen LogP contribution >= 0.6 is 0 Å². The normalized spacial score (nSPS) is 18.2. The first-order valence-corrected chi connectivity index (χ1v) is 11.8. The predicted molar refractivity (Wildman–Crippen MR) is 132 cm³/mol. The quantitative estimate of drug-likeness (QED) is 0.377. The van der Waals surface area contributed by atoms with Crippen LogP contribution in [0, 0.1) is 5.92 Å². The van der Waals surface area contributed by atoms with Crippen molar-refractivity contribution in [3.8, 4) is 17.0 Å². The number of methoxy groups -OCH3 is 1. The Morgan fingerprint density at radius 2 is 1.94 bits per heavy atom. The molecule has 1 aliphatic rings. The summed E-state index contributed by atoms with van der Waals surface area (Å²) in [6.45, 7) is 1.41. The van der Waals surface area contributed by atoms with Crippen LogP contribution in [0.25, 0.3) is 17.3 Å². The lowest BCUT2D eigenvalue weighted by Gasteiger charge is -2.28. The summed E-state index contributed by atoms with van der Waals surface area (Å²) in [6, 6.07) is 18.2. The van der Waals surface area contributed by atoms with E-state index in [0.717, 1.165) is 48.5 Å². The van der Waals surface area contributed by atoms with Gasteiger partial charge in [0.25, 0.3) is 0 Å². The van der Waals surface area contributed by atoms with E-state index in [2.05, 4.69) is 39.9 Å². The molecule has 1 fully saturated rings. The van der Waals surface area contributed by atoms with Crippen LogP contribution in [-0.4, -0.2) is 40.7 Å². The molecule has 1 aromatic heterocycles. The minimum atomic E-state index is -0.136. The first kappa shape index (κ1) is 23.7. The van der Waals surface area contributed by atoms with E-state index >= 15 is 0 Å². The van der Waals surface area contributed by atoms with Crippen molar-refractivity contribution in [2.75, 3.05) is 13.7 Å². The third-order valence-corrected chi connectivity index (χ3v) is 6.20. The molecule has 178 valence electrons. The van der Waals surface area contributed by atoms with Crippen LogP contribution in [0.1, 0.15) is 36.9 Å². The fourth-order valence-electron chi connectivity index (χ4n) is 4.35. The zero-order valence-corrected chi connectivity index (χ0v) is 19.8. The van der Waals surface area contributed by atoms with E-state index < -0.39 is 0 Å². The Labute approximate surface area is 200 Å². The van der Waals surface area contributed by atoms with Gasteiger partial charge < -0.3 is 14.8 Å². The summed E-state index contributed by atoms with van der Waals surface area (Å²) < 4.78 is 12.9. The molecule has 1 saturated carbocycles. The molecule has 0 saturated heterocycles. The lowest BCUT2D eigenvalue weighted by Crippen LogP contribution is -2.30. The molecule has 3 aromatic rings. The maximum Gasteiger partial charge on any atom is 0.308 e. The molecule has 7 nitrogen and oxygen atoms in total. The zero-order valence-electron chi connectivity index (χ0n) is 19.8. The highest BCUT2D eigenvalue weighted by molar-refractivity contribution is 5.72. The van der Waals surface area contributed by atoms with Crippen molar-refractivity contribution in [3.63, 3.8) is 0 Å². The summed E-state index contributed by atoms with van der Waals surface area (Å²) in [7, 11) is 3.36. The maximum atomic E-state index is 11.9. The van der Waals surface area contributed by atoms with Crippen molar-refractivity contribution < 1.29 is 14.3 Å². The van der Waals surface area contributed by atoms with Crippen molar-refractivity contribution in [1.82, 2.24) is 20.3 Å². The minimum absolute atomic E-state index is 0.0314. The molecule has 7 heteroatoms. The number of ether oxygens (including phenoxy) is 2. The summed E-state index contributed by atoms with van der Waals surface area (Å²) in [5, 5.41) is 12.0. The van der Waals surface area contributed by atoms with Crippen LogP contribution in [0.3, 0.4) is 0 Å². The molecule has 0 amide bonds. The molecule has 34 heavy (non-hydrogen) atoms. The summed E-state index contributed by atoms with van der Waals surface area (Å²) >= 11 is 0. The number of rotatable bonds is 9. The highest BCUT2D eigenvalue weighted by atomic mass is 16.5. The minimum Gasteiger partial charge on any atom is -0.490 e. The van der Waals surface area contributed by atoms with Crippen molar-refractivity contribution >= 4 is 12.0 Å². The maximum absolute atomic E-state index is 11.9. The number of hydrogen-bond donors (Lipinski definition) is 1. The fourth-order valence-corrected chi connectivity index (χ4v) is 4.35. The third kappa shape index (κ3) is 6.11. The van der Waals surface area contributed by atoms with Gasteiger partial charge in [0, 0.05) is 25.7 Å². The monoisotopic (exact) mass is 460 g/mol. The summed E-state index contributed by atoms with van der Waals surface area (Å²) in [5.41, 5.74) is 4.06. The molecule has 1 heterocycles. The number of aryl methyl sites for hydroxylation is 1. The summed E-state index contributed by atoms with van der Waals surface area (Å²) in [5.74, 6) is 0.595. The van der Waals surface area contributed by atoms with Gasteiger partial charge in [-0.15, -0.1) is 5.10 Å². The topological polar surface area (TPSA) is 78.3 Å². The smallest absolute Gasteiger partial charge is 0.308 e. The van der Waals surface area contributed by atoms with Crippen molar-refractivity contribution in [2.45, 2.75) is 38.3 Å². The van der Waals surface area contributed by atoms with Crippen LogP contribution in [0.4, 0.5) is 0 Å². The highest BCUT2D eigenvalue weighted by Gasteiger charge is 2.29. The average molecular weight is 461 g/mol. The molecule has 2 aromatic carbocycles. The first-order chi connectivity index (χ1) is 16.6. The number of aromatic nitrogens is 3. The molecular formula is C27H32N4O3. The second kappa shape index (κ2) is 11.6. The molecule has 0 spiro atoms. The molecule has 4 rings (SSSR count). The number of benzene rings is 2. The Balaban J connectivity index is 1.34. The Hall–Kier alpha value is -3.45. The van der Waals surface area contributed by atoms with Crippen molar-refractivity contribution in [2.24, 2.45) is 13.0 Å². The van der Waals surface area contributed by atoms with Gasteiger partial charge in [0.1, 0.15) is 11.4 Å². The van der Waals surface area contributed by atoms with Gasteiger partial charge in [-0.3, -0.25) is 9.48 Å². The van der Waals surface area contributed by atoms with Crippen LogP contribution in [0.2, 0.25) is 0 Å². The van der Waals surface area contributed by atoms with Crippen LogP contribution in [-0.2, 0) is 23.1 Å². The number of carbonyl (C=O) groups is 1. The summed E-state index contributed by atoms with van der Waals surface area (Å²) in [4.78, 5) is 11.9. The molecule has 2 atom stereocenters. The molecule has 0 aliphatic heterocycles. The lowest BCUT2D eigenvalue weighted by molar-refractivity contribution is -0.147. The average Bonchev–Trinajstić information content (AvgIpc) is 3.24. The SMILES string of the molecule is COC(=O)[C@H]1CCC[C@H](Oc2ccc(-c3nnn(C)c3CNCC=Cc3ccccc3)cc2)C1. The van der Waals surface area contributed by atoms with Crippen molar-refractivity contribution in [1.29, 1.82) is 0 Å². The van der Waals surface area contributed by atoms with Gasteiger partial charge in [-0.05, 0) is 55.5 Å². The van der Waals surface area contributed by atoms with Crippen LogP contribution in [0.5, 0.6) is 5.75 Å². The third-order valence-electron chi connectivity index (χ3n) is 6.20. The van der Waals surface area contributed by atoms with Crippen LogP contribution < -0.4 is 10.1 Å². The number of esters is 1. The Morgan fingerprint density at radius 1 is 1.15 bits per heavy atom.